The second-order valence-corrected chi connectivity index (χ2v) is 8.88. The Bertz CT molecular complexity index is 1090. The fourth-order valence-corrected chi connectivity index (χ4v) is 3.79. The summed E-state index contributed by atoms with van der Waals surface area (Å²) in [5.74, 6) is 0.541. The van der Waals surface area contributed by atoms with Gasteiger partial charge in [-0.1, -0.05) is 13.8 Å². The van der Waals surface area contributed by atoms with Gasteiger partial charge >= 0.3 is 0 Å². The summed E-state index contributed by atoms with van der Waals surface area (Å²) >= 11 is 0. The van der Waals surface area contributed by atoms with Crippen LogP contribution in [0.2, 0.25) is 0 Å². The second-order valence-electron chi connectivity index (χ2n) is 7.32. The van der Waals surface area contributed by atoms with Crippen molar-refractivity contribution >= 4 is 10.0 Å². The van der Waals surface area contributed by atoms with Crippen molar-refractivity contribution in [3.63, 3.8) is 0 Å². The fraction of sp³-hybridized carbons (Fsp3) is 0.273. The molecule has 2 aromatic carbocycles. The van der Waals surface area contributed by atoms with E-state index in [1.165, 1.54) is 18.2 Å². The Hall–Kier alpha value is -2.51. The summed E-state index contributed by atoms with van der Waals surface area (Å²) in [7, 11) is -3.74. The zero-order valence-electron chi connectivity index (χ0n) is 16.2. The van der Waals surface area contributed by atoms with E-state index in [1.807, 2.05) is 26.0 Å². The summed E-state index contributed by atoms with van der Waals surface area (Å²) in [6.07, 6.45) is 1.43. The molecule has 2 atom stereocenters. The van der Waals surface area contributed by atoms with Crippen LogP contribution >= 0.6 is 0 Å². The molecule has 29 heavy (non-hydrogen) atoms. The van der Waals surface area contributed by atoms with E-state index in [0.29, 0.717) is 17.7 Å². The standard InChI is InChI=1S/C22H23F2NO3S/c1-14(19-13-17(23)7-10-20(19)24)3-4-15(2)21-11-12-22(28-21)16-5-8-18(9-6-16)29(25,26)27/h5-15H,3-4H2,1-2H3,(H2,25,26,27). The summed E-state index contributed by atoms with van der Waals surface area (Å²) in [5, 5.41) is 5.11. The molecule has 0 radical (unpaired) electrons. The predicted octanol–water partition coefficient (Wildman–Crippen LogP) is 5.56. The van der Waals surface area contributed by atoms with E-state index in [9.17, 15) is 17.2 Å². The predicted molar refractivity (Wildman–Crippen MR) is 108 cm³/mol. The molecule has 0 bridgehead atoms. The monoisotopic (exact) mass is 419 g/mol. The first-order valence-corrected chi connectivity index (χ1v) is 10.9. The lowest BCUT2D eigenvalue weighted by atomic mass is 9.91. The van der Waals surface area contributed by atoms with Crippen molar-refractivity contribution in [1.82, 2.24) is 0 Å². The highest BCUT2D eigenvalue weighted by molar-refractivity contribution is 7.89. The Kier molecular flexibility index (Phi) is 6.19. The number of halogens is 2. The third-order valence-corrected chi connectivity index (χ3v) is 6.03. The highest BCUT2D eigenvalue weighted by Crippen LogP contribution is 2.32. The Morgan fingerprint density at radius 2 is 1.59 bits per heavy atom. The Balaban J connectivity index is 1.66. The van der Waals surface area contributed by atoms with Gasteiger partial charge in [0.15, 0.2) is 0 Å². The number of nitrogens with two attached hydrogens (primary N) is 1. The average molecular weight is 419 g/mol. The van der Waals surface area contributed by atoms with Crippen LogP contribution < -0.4 is 5.14 Å². The van der Waals surface area contributed by atoms with Crippen LogP contribution in [0.1, 0.15) is 49.8 Å². The number of sulfonamides is 1. The van der Waals surface area contributed by atoms with Gasteiger partial charge in [-0.3, -0.25) is 0 Å². The van der Waals surface area contributed by atoms with Gasteiger partial charge in [0.25, 0.3) is 0 Å². The molecule has 3 aromatic rings. The molecule has 7 heteroatoms. The van der Waals surface area contributed by atoms with Gasteiger partial charge in [0, 0.05) is 11.5 Å². The molecule has 2 unspecified atom stereocenters. The largest absolute Gasteiger partial charge is 0.461 e. The maximum atomic E-state index is 13.9. The number of benzene rings is 2. The molecule has 1 heterocycles. The first-order valence-electron chi connectivity index (χ1n) is 9.33. The van der Waals surface area contributed by atoms with Crippen LogP contribution in [-0.4, -0.2) is 8.42 Å². The molecule has 0 aliphatic carbocycles. The third kappa shape index (κ3) is 5.10. The number of furan rings is 1. The van der Waals surface area contributed by atoms with Crippen molar-refractivity contribution in [2.75, 3.05) is 0 Å². The lowest BCUT2D eigenvalue weighted by Gasteiger charge is -2.15. The molecule has 0 spiro atoms. The summed E-state index contributed by atoms with van der Waals surface area (Å²) in [6, 6.07) is 13.4. The van der Waals surface area contributed by atoms with Crippen molar-refractivity contribution in [2.45, 2.75) is 43.4 Å². The van der Waals surface area contributed by atoms with E-state index in [0.717, 1.165) is 29.9 Å². The number of hydrogen-bond donors (Lipinski definition) is 1. The topological polar surface area (TPSA) is 73.3 Å². The summed E-state index contributed by atoms with van der Waals surface area (Å²) in [6.45, 7) is 3.90. The highest BCUT2D eigenvalue weighted by atomic mass is 32.2. The molecular weight excluding hydrogens is 396 g/mol. The number of hydrogen-bond acceptors (Lipinski definition) is 3. The lowest BCUT2D eigenvalue weighted by Crippen LogP contribution is -2.11. The average Bonchev–Trinajstić information content (AvgIpc) is 3.17. The van der Waals surface area contributed by atoms with Crippen LogP contribution in [0.4, 0.5) is 8.78 Å². The zero-order valence-corrected chi connectivity index (χ0v) is 17.0. The molecule has 1 aromatic heterocycles. The zero-order chi connectivity index (χ0) is 21.2. The highest BCUT2D eigenvalue weighted by Gasteiger charge is 2.17. The normalized spacial score (nSPS) is 14.0. The molecule has 3 rings (SSSR count). The van der Waals surface area contributed by atoms with E-state index in [4.69, 9.17) is 9.56 Å². The van der Waals surface area contributed by atoms with Crippen molar-refractivity contribution in [3.8, 4) is 11.3 Å². The minimum absolute atomic E-state index is 0.0416. The van der Waals surface area contributed by atoms with Crippen LogP contribution in [0.3, 0.4) is 0 Å². The van der Waals surface area contributed by atoms with Crippen molar-refractivity contribution in [2.24, 2.45) is 5.14 Å². The third-order valence-electron chi connectivity index (χ3n) is 5.10. The Labute approximate surface area is 169 Å². The van der Waals surface area contributed by atoms with Gasteiger partial charge in [-0.05, 0) is 78.9 Å². The van der Waals surface area contributed by atoms with Gasteiger partial charge in [-0.25, -0.2) is 22.3 Å². The van der Waals surface area contributed by atoms with Gasteiger partial charge in [0.05, 0.1) is 4.90 Å². The minimum atomic E-state index is -3.74. The van der Waals surface area contributed by atoms with Crippen LogP contribution in [0.25, 0.3) is 11.3 Å². The van der Waals surface area contributed by atoms with Gasteiger partial charge in [-0.2, -0.15) is 0 Å². The quantitative estimate of drug-likeness (QED) is 0.545. The summed E-state index contributed by atoms with van der Waals surface area (Å²) in [5.41, 5.74) is 1.12. The van der Waals surface area contributed by atoms with Crippen LogP contribution in [-0.2, 0) is 10.0 Å². The van der Waals surface area contributed by atoms with E-state index in [1.54, 1.807) is 12.1 Å². The maximum Gasteiger partial charge on any atom is 0.238 e. The van der Waals surface area contributed by atoms with Crippen molar-refractivity contribution < 1.29 is 21.6 Å². The second kappa shape index (κ2) is 8.47. The van der Waals surface area contributed by atoms with Crippen molar-refractivity contribution in [3.05, 3.63) is 77.6 Å². The minimum Gasteiger partial charge on any atom is -0.461 e. The summed E-state index contributed by atoms with van der Waals surface area (Å²) < 4.78 is 56.0. The van der Waals surface area contributed by atoms with Crippen LogP contribution in [0.5, 0.6) is 0 Å². The molecule has 0 aliphatic rings. The van der Waals surface area contributed by atoms with E-state index < -0.39 is 21.7 Å². The first kappa shape index (κ1) is 21.2. The molecule has 0 saturated heterocycles. The van der Waals surface area contributed by atoms with Gasteiger partial charge in [0.1, 0.15) is 23.2 Å². The molecular formula is C22H23F2NO3S. The maximum absolute atomic E-state index is 13.9. The first-order chi connectivity index (χ1) is 13.6. The summed E-state index contributed by atoms with van der Waals surface area (Å²) in [4.78, 5) is 0.0416. The van der Waals surface area contributed by atoms with Crippen LogP contribution in [0, 0.1) is 11.6 Å². The molecule has 154 valence electrons. The molecule has 4 nitrogen and oxygen atoms in total. The SMILES string of the molecule is CC(CCC(C)c1cc(F)ccc1F)c1ccc(-c2ccc(S(N)(=O)=O)cc2)o1. The van der Waals surface area contributed by atoms with Crippen LogP contribution in [0.15, 0.2) is 63.9 Å². The van der Waals surface area contributed by atoms with E-state index in [2.05, 4.69) is 0 Å². The number of rotatable bonds is 7. The fourth-order valence-electron chi connectivity index (χ4n) is 3.27. The van der Waals surface area contributed by atoms with Gasteiger partial charge in [-0.15, -0.1) is 0 Å². The number of primary sulfonamides is 1. The van der Waals surface area contributed by atoms with E-state index >= 15 is 0 Å². The molecule has 0 aliphatic heterocycles. The van der Waals surface area contributed by atoms with Crippen molar-refractivity contribution in [1.29, 1.82) is 0 Å². The van der Waals surface area contributed by atoms with Gasteiger partial charge < -0.3 is 4.42 Å². The molecule has 0 saturated carbocycles. The van der Waals surface area contributed by atoms with Gasteiger partial charge in [0.2, 0.25) is 10.0 Å². The Morgan fingerprint density at radius 3 is 2.24 bits per heavy atom. The molecule has 0 fully saturated rings. The smallest absolute Gasteiger partial charge is 0.238 e. The van der Waals surface area contributed by atoms with E-state index in [-0.39, 0.29) is 16.7 Å². The molecule has 0 amide bonds. The molecule has 2 N–H and O–H groups in total. The lowest BCUT2D eigenvalue weighted by molar-refractivity contribution is 0.450. The Morgan fingerprint density at radius 1 is 0.931 bits per heavy atom.